The molecule has 0 saturated carbocycles. The van der Waals surface area contributed by atoms with Crippen LogP contribution in [0.1, 0.15) is 13.8 Å². The molecule has 0 spiro atoms. The van der Waals surface area contributed by atoms with Gasteiger partial charge in [0.1, 0.15) is 5.69 Å². The minimum atomic E-state index is -10.7. The Balaban J connectivity index is 0.000000412. The SMILES string of the molecule is CCN(CC)c1c([N+]#N)cccc1-c1ccccc1.F[P-](F)(F)(F)(F)F. The molecule has 0 bridgehead atoms. The zero-order valence-electron chi connectivity index (χ0n) is 14.1. The number of halogens is 6. The molecular weight excluding hydrogens is 379 g/mol. The van der Waals surface area contributed by atoms with E-state index in [0.29, 0.717) is 5.69 Å². The first-order valence-electron chi connectivity index (χ1n) is 7.61. The van der Waals surface area contributed by atoms with E-state index in [9.17, 15) is 30.6 Å². The van der Waals surface area contributed by atoms with Crippen LogP contribution < -0.4 is 4.90 Å². The first-order valence-corrected chi connectivity index (χ1v) is 9.64. The Morgan fingerprint density at radius 2 is 1.35 bits per heavy atom. The maximum atomic E-state index is 9.87. The Morgan fingerprint density at radius 3 is 1.77 bits per heavy atom. The van der Waals surface area contributed by atoms with E-state index in [-0.39, 0.29) is 0 Å². The van der Waals surface area contributed by atoms with Crippen LogP contribution in [0.2, 0.25) is 0 Å². The predicted molar refractivity (Wildman–Crippen MR) is 93.8 cm³/mol. The third kappa shape index (κ3) is 8.17. The molecule has 0 unspecified atom stereocenters. The zero-order chi connectivity index (χ0) is 20.1. The summed E-state index contributed by atoms with van der Waals surface area (Å²) in [5, 5.41) is 9.23. The molecule has 0 saturated heterocycles. The zero-order valence-corrected chi connectivity index (χ0v) is 15.0. The fourth-order valence-corrected chi connectivity index (χ4v) is 2.33. The number of hydrogen-bond acceptors (Lipinski definition) is 2. The number of para-hydroxylation sites is 1. The molecule has 0 radical (unpaired) electrons. The van der Waals surface area contributed by atoms with Gasteiger partial charge < -0.3 is 4.90 Å². The third-order valence-corrected chi connectivity index (χ3v) is 3.29. The second-order valence-electron chi connectivity index (χ2n) is 5.27. The second-order valence-corrected chi connectivity index (χ2v) is 7.19. The van der Waals surface area contributed by atoms with Crippen LogP contribution in [0, 0.1) is 5.39 Å². The van der Waals surface area contributed by atoms with Crippen molar-refractivity contribution in [1.29, 1.82) is 5.39 Å². The summed E-state index contributed by atoms with van der Waals surface area (Å²) in [6, 6.07) is 16.0. The molecule has 0 N–H and O–H groups in total. The predicted octanol–water partition coefficient (Wildman–Crippen LogP) is 8.07. The van der Waals surface area contributed by atoms with Gasteiger partial charge in [-0.1, -0.05) is 42.5 Å². The molecule has 0 aliphatic rings. The van der Waals surface area contributed by atoms with Crippen LogP contribution in [0.5, 0.6) is 0 Å². The summed E-state index contributed by atoms with van der Waals surface area (Å²) in [7, 11) is -10.7. The van der Waals surface area contributed by atoms with Crippen LogP contribution in [0.25, 0.3) is 16.1 Å². The maximum absolute atomic E-state index is 10.7. The van der Waals surface area contributed by atoms with E-state index in [4.69, 9.17) is 0 Å². The number of nitrogens with zero attached hydrogens (tertiary/aromatic N) is 3. The van der Waals surface area contributed by atoms with Crippen molar-refractivity contribution in [2.24, 2.45) is 0 Å². The van der Waals surface area contributed by atoms with Gasteiger partial charge in [-0.2, -0.15) is 0 Å². The van der Waals surface area contributed by atoms with E-state index in [1.54, 1.807) is 0 Å². The molecule has 3 nitrogen and oxygen atoms in total. The number of rotatable bonds is 4. The van der Waals surface area contributed by atoms with Gasteiger partial charge in [-0.05, 0) is 19.4 Å². The van der Waals surface area contributed by atoms with E-state index < -0.39 is 7.81 Å². The molecular formula is C16H18F6N3P. The molecule has 2 aromatic rings. The average molecular weight is 397 g/mol. The van der Waals surface area contributed by atoms with Crippen molar-refractivity contribution in [1.82, 2.24) is 0 Å². The molecule has 0 aliphatic heterocycles. The van der Waals surface area contributed by atoms with Crippen molar-refractivity contribution in [3.05, 3.63) is 53.5 Å². The van der Waals surface area contributed by atoms with Crippen LogP contribution in [-0.4, -0.2) is 13.1 Å². The summed E-state index contributed by atoms with van der Waals surface area (Å²) in [5.41, 5.74) is 3.83. The standard InChI is InChI=1S/C16H18N3.F6P/c1-3-19(4-2)16-14(11-8-12-15(16)18-17)13-9-6-5-7-10-13;1-7(2,3,4,5)6/h5-12H,3-4H2,1-2H3;/q+1;-1. The van der Waals surface area contributed by atoms with Gasteiger partial charge in [0.05, 0.1) is 0 Å². The van der Waals surface area contributed by atoms with Gasteiger partial charge in [0.15, 0.2) is 4.98 Å². The molecule has 26 heavy (non-hydrogen) atoms. The van der Waals surface area contributed by atoms with Crippen LogP contribution >= 0.6 is 7.81 Å². The Bertz CT molecular complexity index is 770. The molecule has 2 aromatic carbocycles. The minimum absolute atomic E-state index is 0.616. The molecule has 0 fully saturated rings. The topological polar surface area (TPSA) is 31.4 Å². The van der Waals surface area contributed by atoms with Gasteiger partial charge in [0, 0.05) is 24.7 Å². The third-order valence-electron chi connectivity index (χ3n) is 3.29. The molecule has 0 amide bonds. The fourth-order valence-electron chi connectivity index (χ4n) is 2.33. The summed E-state index contributed by atoms with van der Waals surface area (Å²) >= 11 is 0. The van der Waals surface area contributed by atoms with Crippen molar-refractivity contribution in [3.8, 4) is 11.1 Å². The average Bonchev–Trinajstić information content (AvgIpc) is 2.54. The summed E-state index contributed by atoms with van der Waals surface area (Å²) in [6.45, 7) is 5.96. The van der Waals surface area contributed by atoms with E-state index in [1.165, 1.54) is 0 Å². The number of anilines is 1. The monoisotopic (exact) mass is 397 g/mol. The summed E-state index contributed by atoms with van der Waals surface area (Å²) in [6.07, 6.45) is 0. The van der Waals surface area contributed by atoms with Gasteiger partial charge >= 0.3 is 38.7 Å². The van der Waals surface area contributed by atoms with Crippen molar-refractivity contribution in [2.45, 2.75) is 13.8 Å². The quantitative estimate of drug-likeness (QED) is 0.297. The Hall–Kier alpha value is -2.33. The van der Waals surface area contributed by atoms with Gasteiger partial charge in [0.25, 0.3) is 0 Å². The molecule has 10 heteroatoms. The van der Waals surface area contributed by atoms with E-state index >= 15 is 0 Å². The van der Waals surface area contributed by atoms with E-state index in [1.807, 2.05) is 30.3 Å². The van der Waals surface area contributed by atoms with Crippen molar-refractivity contribution < 1.29 is 25.2 Å². The van der Waals surface area contributed by atoms with Crippen molar-refractivity contribution in [2.75, 3.05) is 18.0 Å². The van der Waals surface area contributed by atoms with Crippen LogP contribution in [-0.2, 0) is 0 Å². The summed E-state index contributed by atoms with van der Waals surface area (Å²) < 4.78 is 59.2. The Morgan fingerprint density at radius 1 is 0.846 bits per heavy atom. The van der Waals surface area contributed by atoms with Crippen LogP contribution in [0.15, 0.2) is 48.5 Å². The molecule has 0 atom stereocenters. The molecule has 0 aliphatic carbocycles. The summed E-state index contributed by atoms with van der Waals surface area (Å²) in [5.74, 6) is 0. The Kier molecular flexibility index (Phi) is 5.95. The fraction of sp³-hybridized carbons (Fsp3) is 0.250. The molecule has 0 aromatic heterocycles. The van der Waals surface area contributed by atoms with E-state index in [0.717, 1.165) is 29.9 Å². The first-order chi connectivity index (χ1) is 11.8. The van der Waals surface area contributed by atoms with Gasteiger partial charge in [-0.3, -0.25) is 0 Å². The van der Waals surface area contributed by atoms with Crippen molar-refractivity contribution in [3.63, 3.8) is 0 Å². The van der Waals surface area contributed by atoms with Crippen molar-refractivity contribution >= 4 is 19.2 Å². The van der Waals surface area contributed by atoms with Gasteiger partial charge in [0.2, 0.25) is 5.39 Å². The molecule has 2 rings (SSSR count). The normalized spacial score (nSPS) is 13.5. The Labute approximate surface area is 147 Å². The molecule has 0 heterocycles. The van der Waals surface area contributed by atoms with Crippen LogP contribution in [0.3, 0.4) is 0 Å². The first kappa shape index (κ1) is 21.7. The molecule has 144 valence electrons. The van der Waals surface area contributed by atoms with Gasteiger partial charge in [-0.25, -0.2) is 0 Å². The van der Waals surface area contributed by atoms with Gasteiger partial charge in [-0.15, -0.1) is 0 Å². The summed E-state index contributed by atoms with van der Waals surface area (Å²) in [4.78, 5) is 5.64. The number of benzene rings is 2. The van der Waals surface area contributed by atoms with Crippen LogP contribution in [0.4, 0.5) is 36.6 Å². The second kappa shape index (κ2) is 7.12. The number of hydrogen-bond donors (Lipinski definition) is 0. The number of diazo groups is 1. The van der Waals surface area contributed by atoms with E-state index in [2.05, 4.69) is 41.9 Å².